The van der Waals surface area contributed by atoms with Crippen LogP contribution in [0.3, 0.4) is 0 Å². The summed E-state index contributed by atoms with van der Waals surface area (Å²) in [5.74, 6) is 0.158. The Labute approximate surface area is 212 Å². The number of rotatable bonds is 6. The lowest BCUT2D eigenvalue weighted by molar-refractivity contribution is -0.146. The predicted molar refractivity (Wildman–Crippen MR) is 131 cm³/mol. The maximum absolute atomic E-state index is 11.8. The van der Waals surface area contributed by atoms with Gasteiger partial charge in [0.1, 0.15) is 24.4 Å². The average Bonchev–Trinajstić information content (AvgIpc) is 3.43. The molecule has 190 valence electrons. The zero-order valence-electron chi connectivity index (χ0n) is 18.8. The largest absolute Gasteiger partial charge is 0.477 e. The summed E-state index contributed by atoms with van der Waals surface area (Å²) in [4.78, 5) is 45.7. The molecule has 36 heavy (non-hydrogen) atoms. The summed E-state index contributed by atoms with van der Waals surface area (Å²) in [7, 11) is 1.29. The number of anilines is 1. The number of allylic oxidation sites excluding steroid dienone is 2. The van der Waals surface area contributed by atoms with Gasteiger partial charge in [0, 0.05) is 36.2 Å². The number of carbonyl (C=O) groups is 3. The standard InChI is InChI=1S/C14H15N5O3S.C5H7N5O2S/c15-9-1-2-10-17(3-4-18(10)16-9)6-8-7-23-12-5-11(20)19(12)13(8)14(21)22;1-12-9-2(3(6)11)4-8-5(7)13-10-4/h1-4,12,16H,5-7,15H2,(H,21,22);1H3,(H2,6,11)(H2,7,8,10)/b;9-2+/t12-;/m0./s1. The Kier molecular flexibility index (Phi) is 7.02. The number of hydrazine groups is 1. The second-order valence-corrected chi connectivity index (χ2v) is 9.44. The van der Waals surface area contributed by atoms with Crippen LogP contribution in [-0.2, 0) is 19.2 Å². The topological polar surface area (TPSA) is 219 Å². The Morgan fingerprint density at radius 1 is 1.33 bits per heavy atom. The van der Waals surface area contributed by atoms with E-state index in [0.717, 1.165) is 22.9 Å². The number of hydrogen-bond acceptors (Lipinski definition) is 14. The summed E-state index contributed by atoms with van der Waals surface area (Å²) in [5, 5.41) is 14.9. The van der Waals surface area contributed by atoms with Gasteiger partial charge in [0.05, 0.1) is 11.8 Å². The molecule has 15 nitrogen and oxygen atoms in total. The molecule has 1 aromatic rings. The van der Waals surface area contributed by atoms with Crippen molar-refractivity contribution in [2.75, 3.05) is 25.1 Å². The molecule has 0 aromatic carbocycles. The van der Waals surface area contributed by atoms with Crippen molar-refractivity contribution in [1.82, 2.24) is 29.6 Å². The van der Waals surface area contributed by atoms with Gasteiger partial charge in [0.2, 0.25) is 17.4 Å². The summed E-state index contributed by atoms with van der Waals surface area (Å²) >= 11 is 2.56. The summed E-state index contributed by atoms with van der Waals surface area (Å²) in [5.41, 5.74) is 19.7. The van der Waals surface area contributed by atoms with Crippen LogP contribution in [0.1, 0.15) is 12.2 Å². The highest BCUT2D eigenvalue weighted by molar-refractivity contribution is 8.00. The number of nitrogen functional groups attached to an aromatic ring is 1. The minimum atomic E-state index is -1.04. The number of nitrogens with one attached hydrogen (secondary N) is 1. The maximum Gasteiger partial charge on any atom is 0.352 e. The van der Waals surface area contributed by atoms with Crippen LogP contribution >= 0.6 is 23.3 Å². The number of carboxylic acid groups (broad SMARTS) is 1. The third-order valence-electron chi connectivity index (χ3n) is 5.16. The Morgan fingerprint density at radius 3 is 2.72 bits per heavy atom. The molecule has 0 spiro atoms. The molecule has 5 rings (SSSR count). The van der Waals surface area contributed by atoms with Crippen LogP contribution in [0.15, 0.2) is 52.6 Å². The van der Waals surface area contributed by atoms with Crippen LogP contribution in [0.4, 0.5) is 5.13 Å². The molecule has 5 heterocycles. The van der Waals surface area contributed by atoms with Crippen molar-refractivity contribution in [3.8, 4) is 0 Å². The van der Waals surface area contributed by atoms with Crippen molar-refractivity contribution in [2.24, 2.45) is 16.6 Å². The minimum absolute atomic E-state index is 0.0266. The van der Waals surface area contributed by atoms with E-state index in [2.05, 4.69) is 24.8 Å². The Morgan fingerprint density at radius 2 is 2.11 bits per heavy atom. The van der Waals surface area contributed by atoms with Crippen molar-refractivity contribution >= 4 is 51.9 Å². The van der Waals surface area contributed by atoms with Gasteiger partial charge in [-0.3, -0.25) is 19.9 Å². The van der Waals surface area contributed by atoms with Crippen molar-refractivity contribution in [3.63, 3.8) is 0 Å². The number of oxime groups is 1. The molecule has 4 aliphatic rings. The number of aromatic nitrogens is 2. The summed E-state index contributed by atoms with van der Waals surface area (Å²) in [6.45, 7) is 0.416. The van der Waals surface area contributed by atoms with Crippen LogP contribution in [0, 0.1) is 0 Å². The first-order valence-electron chi connectivity index (χ1n) is 10.3. The van der Waals surface area contributed by atoms with E-state index in [-0.39, 0.29) is 33.6 Å². The lowest BCUT2D eigenvalue weighted by atomic mass is 10.1. The number of thioether (sulfide) groups is 1. The number of carbonyl (C=O) groups excluding carboxylic acids is 2. The second kappa shape index (κ2) is 10.2. The third kappa shape index (κ3) is 4.91. The van der Waals surface area contributed by atoms with Crippen molar-refractivity contribution in [3.05, 3.63) is 53.3 Å². The van der Waals surface area contributed by atoms with Crippen LogP contribution in [0.5, 0.6) is 0 Å². The molecular formula is C19H22N10O5S2. The first kappa shape index (κ1) is 24.9. The van der Waals surface area contributed by atoms with Crippen molar-refractivity contribution < 1.29 is 24.3 Å². The van der Waals surface area contributed by atoms with E-state index < -0.39 is 11.9 Å². The SMILES string of the molecule is CO/N=C(\C(N)=O)c1nsc(N)n1.NC1=CC=C2N(CC3=C(C(=O)O)N4C(=O)C[C@@H]4SC3)C=CN2N1. The highest BCUT2D eigenvalue weighted by Gasteiger charge is 2.45. The molecule has 2 amide bonds. The molecule has 8 N–H and O–H groups in total. The number of hydrogen-bond donors (Lipinski definition) is 5. The van der Waals surface area contributed by atoms with Crippen LogP contribution in [0.25, 0.3) is 0 Å². The van der Waals surface area contributed by atoms with Crippen LogP contribution in [-0.4, -0.2) is 77.5 Å². The summed E-state index contributed by atoms with van der Waals surface area (Å²) in [6, 6.07) is 0. The molecule has 0 radical (unpaired) electrons. The van der Waals surface area contributed by atoms with Gasteiger partial charge in [-0.05, 0) is 17.7 Å². The van der Waals surface area contributed by atoms with E-state index in [9.17, 15) is 19.5 Å². The highest BCUT2D eigenvalue weighted by Crippen LogP contribution is 2.40. The van der Waals surface area contributed by atoms with Gasteiger partial charge in [0.15, 0.2) is 5.13 Å². The zero-order valence-corrected chi connectivity index (χ0v) is 20.5. The fourth-order valence-corrected chi connectivity index (χ4v) is 5.30. The fourth-order valence-electron chi connectivity index (χ4n) is 3.61. The predicted octanol–water partition coefficient (Wildman–Crippen LogP) is -1.17. The fraction of sp³-hybridized carbons (Fsp3) is 0.263. The highest BCUT2D eigenvalue weighted by atomic mass is 32.2. The number of nitrogens with zero attached hydrogens (tertiary/aromatic N) is 6. The molecule has 1 atom stereocenters. The van der Waals surface area contributed by atoms with Crippen molar-refractivity contribution in [2.45, 2.75) is 11.8 Å². The van der Waals surface area contributed by atoms with Gasteiger partial charge < -0.3 is 32.0 Å². The van der Waals surface area contributed by atoms with Gasteiger partial charge in [-0.2, -0.15) is 9.36 Å². The quantitative estimate of drug-likeness (QED) is 0.165. The lowest BCUT2D eigenvalue weighted by Gasteiger charge is -2.44. The smallest absolute Gasteiger partial charge is 0.352 e. The third-order valence-corrected chi connectivity index (χ3v) is 6.98. The molecule has 17 heteroatoms. The molecule has 0 unspecified atom stereocenters. The maximum atomic E-state index is 11.8. The van der Waals surface area contributed by atoms with Crippen molar-refractivity contribution in [1.29, 1.82) is 0 Å². The van der Waals surface area contributed by atoms with Crippen LogP contribution < -0.4 is 22.6 Å². The lowest BCUT2D eigenvalue weighted by Crippen LogP contribution is -2.54. The van der Waals surface area contributed by atoms with Gasteiger partial charge in [-0.15, -0.1) is 11.8 Å². The molecule has 1 saturated heterocycles. The number of amides is 2. The van der Waals surface area contributed by atoms with Gasteiger partial charge in [-0.25, -0.2) is 9.80 Å². The van der Waals surface area contributed by atoms with Crippen LogP contribution in [0.2, 0.25) is 0 Å². The minimum Gasteiger partial charge on any atom is -0.477 e. The Bertz CT molecular complexity index is 1250. The van der Waals surface area contributed by atoms with E-state index in [4.69, 9.17) is 17.2 Å². The zero-order chi connectivity index (χ0) is 26.0. The number of nitrogens with two attached hydrogens (primary N) is 3. The Balaban J connectivity index is 0.000000200. The monoisotopic (exact) mass is 534 g/mol. The second-order valence-electron chi connectivity index (χ2n) is 7.49. The molecule has 0 saturated carbocycles. The Hall–Kier alpha value is -4.25. The molecule has 1 aromatic heterocycles. The summed E-state index contributed by atoms with van der Waals surface area (Å²) in [6.07, 6.45) is 7.71. The molecule has 1 fully saturated rings. The molecule has 0 aliphatic carbocycles. The first-order valence-corrected chi connectivity index (χ1v) is 12.1. The first-order chi connectivity index (χ1) is 17.2. The molecule has 4 aliphatic heterocycles. The van der Waals surface area contributed by atoms with E-state index in [0.29, 0.717) is 24.5 Å². The number of carboxylic acids is 1. The number of primary amides is 1. The molecular weight excluding hydrogens is 512 g/mol. The number of fused-ring (bicyclic) bond motifs is 2. The molecule has 0 bridgehead atoms. The normalized spacial score (nSPS) is 20.4. The summed E-state index contributed by atoms with van der Waals surface area (Å²) < 4.78 is 3.75. The van der Waals surface area contributed by atoms with Gasteiger partial charge in [0.25, 0.3) is 5.91 Å². The average molecular weight is 535 g/mol. The van der Waals surface area contributed by atoms with Gasteiger partial charge in [-0.1, -0.05) is 5.16 Å². The number of aliphatic carboxylic acids is 1. The van der Waals surface area contributed by atoms with E-state index in [1.54, 1.807) is 22.8 Å². The van der Waals surface area contributed by atoms with E-state index >= 15 is 0 Å². The van der Waals surface area contributed by atoms with E-state index in [1.165, 1.54) is 12.0 Å². The number of β-lactam (4-membered cyclic amide) rings is 1. The van der Waals surface area contributed by atoms with Gasteiger partial charge >= 0.3 is 5.97 Å². The van der Waals surface area contributed by atoms with E-state index in [1.807, 2.05) is 23.4 Å².